The Kier molecular flexibility index (Phi) is 2.87. The molecular formula is C12H11ClO2. The minimum Gasteiger partial charge on any atom is -0.298 e. The summed E-state index contributed by atoms with van der Waals surface area (Å²) >= 11 is 6.11. The number of aldehydes is 2. The topological polar surface area (TPSA) is 34.1 Å². The Labute approximate surface area is 93.2 Å². The summed E-state index contributed by atoms with van der Waals surface area (Å²) < 4.78 is 0. The van der Waals surface area contributed by atoms with E-state index in [1.165, 1.54) is 0 Å². The SMILES string of the molecule is O=Cc1cc(C=O)c2c(c1Cl)CCCC2. The lowest BCUT2D eigenvalue weighted by atomic mass is 9.87. The van der Waals surface area contributed by atoms with Crippen molar-refractivity contribution in [3.63, 3.8) is 0 Å². The molecule has 0 fully saturated rings. The number of fused-ring (bicyclic) bond motifs is 1. The molecule has 1 aromatic rings. The molecule has 2 nitrogen and oxygen atoms in total. The van der Waals surface area contributed by atoms with Crippen molar-refractivity contribution >= 4 is 24.2 Å². The Balaban J connectivity index is 2.68. The van der Waals surface area contributed by atoms with Crippen molar-refractivity contribution in [3.05, 3.63) is 33.3 Å². The van der Waals surface area contributed by atoms with Crippen LogP contribution in [0, 0.1) is 0 Å². The maximum absolute atomic E-state index is 10.9. The van der Waals surface area contributed by atoms with E-state index in [2.05, 4.69) is 0 Å². The zero-order chi connectivity index (χ0) is 10.8. The first kappa shape index (κ1) is 10.4. The summed E-state index contributed by atoms with van der Waals surface area (Å²) in [5, 5.41) is 0.533. The summed E-state index contributed by atoms with van der Waals surface area (Å²) in [7, 11) is 0. The molecule has 0 radical (unpaired) electrons. The van der Waals surface area contributed by atoms with Gasteiger partial charge in [0.2, 0.25) is 0 Å². The third-order valence-corrected chi connectivity index (χ3v) is 3.35. The molecule has 0 N–H and O–H groups in total. The first-order chi connectivity index (χ1) is 7.27. The lowest BCUT2D eigenvalue weighted by Crippen LogP contribution is -2.08. The highest BCUT2D eigenvalue weighted by molar-refractivity contribution is 6.34. The van der Waals surface area contributed by atoms with Gasteiger partial charge in [-0.25, -0.2) is 0 Å². The quantitative estimate of drug-likeness (QED) is 0.721. The molecule has 0 heterocycles. The highest BCUT2D eigenvalue weighted by Gasteiger charge is 2.18. The summed E-state index contributed by atoms with van der Waals surface area (Å²) in [6, 6.07) is 1.59. The molecule has 3 heteroatoms. The summed E-state index contributed by atoms with van der Waals surface area (Å²) in [6.07, 6.45) is 5.45. The molecule has 1 aromatic carbocycles. The van der Waals surface area contributed by atoms with E-state index < -0.39 is 0 Å². The van der Waals surface area contributed by atoms with Crippen LogP contribution in [-0.2, 0) is 12.8 Å². The molecule has 0 saturated carbocycles. The second-order valence-corrected chi connectivity index (χ2v) is 4.15. The van der Waals surface area contributed by atoms with Crippen molar-refractivity contribution in [3.8, 4) is 0 Å². The van der Waals surface area contributed by atoms with E-state index in [0.717, 1.165) is 43.1 Å². The summed E-state index contributed by atoms with van der Waals surface area (Å²) in [5.41, 5.74) is 3.08. The average molecular weight is 223 g/mol. The van der Waals surface area contributed by atoms with Gasteiger partial charge in [-0.15, -0.1) is 0 Å². The lowest BCUT2D eigenvalue weighted by Gasteiger charge is -2.19. The summed E-state index contributed by atoms with van der Waals surface area (Å²) in [6.45, 7) is 0. The predicted molar refractivity (Wildman–Crippen MR) is 58.9 cm³/mol. The van der Waals surface area contributed by atoms with Gasteiger partial charge in [0.25, 0.3) is 0 Å². The van der Waals surface area contributed by atoms with Crippen LogP contribution >= 0.6 is 11.6 Å². The normalized spacial score (nSPS) is 14.5. The summed E-state index contributed by atoms with van der Waals surface area (Å²) in [4.78, 5) is 21.7. The maximum atomic E-state index is 10.9. The van der Waals surface area contributed by atoms with Gasteiger partial charge in [0, 0.05) is 11.1 Å². The van der Waals surface area contributed by atoms with Crippen LogP contribution in [0.4, 0.5) is 0 Å². The minimum absolute atomic E-state index is 0.430. The van der Waals surface area contributed by atoms with Gasteiger partial charge in [-0.3, -0.25) is 9.59 Å². The Hall–Kier alpha value is -1.15. The van der Waals surface area contributed by atoms with Crippen LogP contribution in [0.2, 0.25) is 5.02 Å². The molecule has 1 aliphatic rings. The Morgan fingerprint density at radius 2 is 1.60 bits per heavy atom. The fraction of sp³-hybridized carbons (Fsp3) is 0.333. The molecule has 2 rings (SSSR count). The molecule has 0 spiro atoms. The second kappa shape index (κ2) is 4.15. The molecule has 0 saturated heterocycles. The van der Waals surface area contributed by atoms with Crippen LogP contribution in [0.25, 0.3) is 0 Å². The Morgan fingerprint density at radius 1 is 1.00 bits per heavy atom. The fourth-order valence-corrected chi connectivity index (χ4v) is 2.46. The second-order valence-electron chi connectivity index (χ2n) is 3.77. The third kappa shape index (κ3) is 1.70. The zero-order valence-electron chi connectivity index (χ0n) is 8.25. The van der Waals surface area contributed by atoms with Crippen molar-refractivity contribution in [2.75, 3.05) is 0 Å². The molecule has 78 valence electrons. The van der Waals surface area contributed by atoms with Gasteiger partial charge >= 0.3 is 0 Å². The molecule has 0 aliphatic heterocycles. The first-order valence-corrected chi connectivity index (χ1v) is 5.40. The van der Waals surface area contributed by atoms with Gasteiger partial charge in [-0.2, -0.15) is 0 Å². The standard InChI is InChI=1S/C12H11ClO2/c13-12-9(7-15)5-8(6-14)10-3-1-2-4-11(10)12/h5-7H,1-4H2. The Morgan fingerprint density at radius 3 is 2.20 bits per heavy atom. The van der Waals surface area contributed by atoms with E-state index >= 15 is 0 Å². The smallest absolute Gasteiger partial charge is 0.151 e. The van der Waals surface area contributed by atoms with Crippen LogP contribution in [0.5, 0.6) is 0 Å². The van der Waals surface area contributed by atoms with Gasteiger partial charge < -0.3 is 0 Å². The number of halogens is 1. The van der Waals surface area contributed by atoms with E-state index in [9.17, 15) is 9.59 Å². The van der Waals surface area contributed by atoms with Crippen molar-refractivity contribution in [1.29, 1.82) is 0 Å². The zero-order valence-corrected chi connectivity index (χ0v) is 9.01. The average Bonchev–Trinajstić information content (AvgIpc) is 2.30. The highest BCUT2D eigenvalue weighted by atomic mass is 35.5. The third-order valence-electron chi connectivity index (χ3n) is 2.90. The Bertz CT molecular complexity index is 424. The van der Waals surface area contributed by atoms with E-state index in [1.54, 1.807) is 6.07 Å². The van der Waals surface area contributed by atoms with Crippen LogP contribution in [-0.4, -0.2) is 12.6 Å². The van der Waals surface area contributed by atoms with Gasteiger partial charge in [-0.1, -0.05) is 11.6 Å². The van der Waals surface area contributed by atoms with E-state index in [0.29, 0.717) is 22.4 Å². The number of rotatable bonds is 2. The monoisotopic (exact) mass is 222 g/mol. The first-order valence-electron chi connectivity index (χ1n) is 5.02. The van der Waals surface area contributed by atoms with Crippen molar-refractivity contribution in [1.82, 2.24) is 0 Å². The predicted octanol–water partition coefficient (Wildman–Crippen LogP) is 2.84. The summed E-state index contributed by atoms with van der Waals surface area (Å²) in [5.74, 6) is 0. The maximum Gasteiger partial charge on any atom is 0.151 e. The largest absolute Gasteiger partial charge is 0.298 e. The molecule has 0 bridgehead atoms. The van der Waals surface area contributed by atoms with Gasteiger partial charge in [0.1, 0.15) is 6.29 Å². The van der Waals surface area contributed by atoms with Crippen LogP contribution < -0.4 is 0 Å². The van der Waals surface area contributed by atoms with E-state index in [-0.39, 0.29) is 0 Å². The molecule has 1 aliphatic carbocycles. The number of hydrogen-bond donors (Lipinski definition) is 0. The van der Waals surface area contributed by atoms with Crippen molar-refractivity contribution < 1.29 is 9.59 Å². The lowest BCUT2D eigenvalue weighted by molar-refractivity contribution is 0.112. The molecule has 0 aromatic heterocycles. The molecule has 0 unspecified atom stereocenters. The number of carbonyl (C=O) groups excluding carboxylic acids is 2. The van der Waals surface area contributed by atoms with Crippen LogP contribution in [0.1, 0.15) is 44.7 Å². The van der Waals surface area contributed by atoms with Gasteiger partial charge in [0.15, 0.2) is 6.29 Å². The molecule has 0 amide bonds. The van der Waals surface area contributed by atoms with Crippen LogP contribution in [0.15, 0.2) is 6.07 Å². The van der Waals surface area contributed by atoms with Gasteiger partial charge in [-0.05, 0) is 42.9 Å². The molecular weight excluding hydrogens is 212 g/mol. The molecule has 15 heavy (non-hydrogen) atoms. The number of benzene rings is 1. The van der Waals surface area contributed by atoms with Crippen LogP contribution in [0.3, 0.4) is 0 Å². The number of carbonyl (C=O) groups is 2. The van der Waals surface area contributed by atoms with Crippen molar-refractivity contribution in [2.45, 2.75) is 25.7 Å². The van der Waals surface area contributed by atoms with E-state index in [4.69, 9.17) is 11.6 Å². The van der Waals surface area contributed by atoms with E-state index in [1.807, 2.05) is 0 Å². The number of hydrogen-bond acceptors (Lipinski definition) is 2. The van der Waals surface area contributed by atoms with Gasteiger partial charge in [0.05, 0.1) is 5.02 Å². The molecule has 0 atom stereocenters. The minimum atomic E-state index is 0.430. The van der Waals surface area contributed by atoms with Crippen molar-refractivity contribution in [2.24, 2.45) is 0 Å². The fourth-order valence-electron chi connectivity index (χ4n) is 2.15. The highest BCUT2D eigenvalue weighted by Crippen LogP contribution is 2.32.